The van der Waals surface area contributed by atoms with Gasteiger partial charge in [-0.2, -0.15) is 0 Å². The molecule has 4 rings (SSSR count). The van der Waals surface area contributed by atoms with Gasteiger partial charge in [0.05, 0.1) is 12.4 Å². The molecular weight excluding hydrogens is 393 g/mol. The number of ether oxygens (including phenoxy) is 1. The molecule has 0 fully saturated rings. The summed E-state index contributed by atoms with van der Waals surface area (Å²) in [7, 11) is 0. The second-order valence-corrected chi connectivity index (χ2v) is 7.30. The highest BCUT2D eigenvalue weighted by Gasteiger charge is 2.26. The molecule has 2 aromatic carbocycles. The number of aromatic nitrogens is 3. The Morgan fingerprint density at radius 1 is 1.21 bits per heavy atom. The first-order chi connectivity index (χ1) is 14.1. The maximum atomic E-state index is 13.2. The topological polar surface area (TPSA) is 72.3 Å². The normalized spacial score (nSPS) is 12.7. The Kier molecular flexibility index (Phi) is 5.66. The molecule has 1 aliphatic rings. The Hall–Kier alpha value is -3.07. The van der Waals surface area contributed by atoms with Crippen molar-refractivity contribution in [3.63, 3.8) is 0 Å². The zero-order valence-electron chi connectivity index (χ0n) is 15.8. The molecule has 29 heavy (non-hydrogen) atoms. The number of nitrogens with zero attached hydrogens (tertiary/aromatic N) is 4. The Bertz CT molecular complexity index is 1010. The minimum atomic E-state index is -0.389. The van der Waals surface area contributed by atoms with E-state index in [4.69, 9.17) is 4.74 Å². The van der Waals surface area contributed by atoms with Crippen LogP contribution in [0.5, 0.6) is 5.75 Å². The van der Waals surface area contributed by atoms with E-state index in [2.05, 4.69) is 20.4 Å². The summed E-state index contributed by atoms with van der Waals surface area (Å²) in [6, 6.07) is 13.7. The van der Waals surface area contributed by atoms with Crippen molar-refractivity contribution in [1.29, 1.82) is 0 Å². The zero-order chi connectivity index (χ0) is 20.2. The van der Waals surface area contributed by atoms with E-state index in [1.807, 2.05) is 35.8 Å². The number of hydrogen-bond acceptors (Lipinski definition) is 6. The molecule has 1 aliphatic heterocycles. The SMILES string of the molecule is CCOc1ccc(N2CCn3c(SCC(=O)Nc4cccc(F)c4)nnc32)cc1. The number of hydrogen-bond donors (Lipinski definition) is 1. The average molecular weight is 413 g/mol. The van der Waals surface area contributed by atoms with E-state index in [9.17, 15) is 9.18 Å². The van der Waals surface area contributed by atoms with Gasteiger partial charge < -0.3 is 15.0 Å². The summed E-state index contributed by atoms with van der Waals surface area (Å²) < 4.78 is 20.7. The van der Waals surface area contributed by atoms with Crippen LogP contribution in [0.4, 0.5) is 21.7 Å². The number of rotatable bonds is 7. The van der Waals surface area contributed by atoms with Crippen molar-refractivity contribution in [3.8, 4) is 5.75 Å². The van der Waals surface area contributed by atoms with Crippen molar-refractivity contribution >= 4 is 35.0 Å². The lowest BCUT2D eigenvalue weighted by molar-refractivity contribution is -0.113. The first kappa shape index (κ1) is 19.3. The van der Waals surface area contributed by atoms with Gasteiger partial charge in [-0.3, -0.25) is 9.36 Å². The Balaban J connectivity index is 1.39. The van der Waals surface area contributed by atoms with Gasteiger partial charge in [0, 0.05) is 24.5 Å². The van der Waals surface area contributed by atoms with Crippen molar-refractivity contribution in [2.45, 2.75) is 18.6 Å². The van der Waals surface area contributed by atoms with Gasteiger partial charge in [0.2, 0.25) is 11.9 Å². The van der Waals surface area contributed by atoms with Crippen LogP contribution in [0.1, 0.15) is 6.92 Å². The number of anilines is 3. The number of amides is 1. The molecule has 0 unspecified atom stereocenters. The molecule has 0 aliphatic carbocycles. The minimum absolute atomic E-state index is 0.164. The number of thioether (sulfide) groups is 1. The molecule has 150 valence electrons. The van der Waals surface area contributed by atoms with Crippen LogP contribution in [0.3, 0.4) is 0 Å². The predicted molar refractivity (Wildman–Crippen MR) is 110 cm³/mol. The minimum Gasteiger partial charge on any atom is -0.494 e. The summed E-state index contributed by atoms with van der Waals surface area (Å²) in [6.07, 6.45) is 0. The molecule has 7 nitrogen and oxygen atoms in total. The van der Waals surface area contributed by atoms with Crippen LogP contribution < -0.4 is 15.0 Å². The smallest absolute Gasteiger partial charge is 0.234 e. The van der Waals surface area contributed by atoms with E-state index in [0.29, 0.717) is 17.5 Å². The van der Waals surface area contributed by atoms with E-state index in [1.165, 1.54) is 23.9 Å². The lowest BCUT2D eigenvalue weighted by Gasteiger charge is -2.15. The summed E-state index contributed by atoms with van der Waals surface area (Å²) in [5.74, 6) is 1.14. The van der Waals surface area contributed by atoms with E-state index in [0.717, 1.165) is 30.5 Å². The quantitative estimate of drug-likeness (QED) is 0.596. The third kappa shape index (κ3) is 4.34. The Labute approximate surface area is 171 Å². The van der Waals surface area contributed by atoms with Gasteiger partial charge in [-0.25, -0.2) is 4.39 Å². The highest BCUT2D eigenvalue weighted by molar-refractivity contribution is 7.99. The molecule has 1 aromatic heterocycles. The molecular formula is C20H20FN5O2S. The van der Waals surface area contributed by atoms with Crippen LogP contribution in [0, 0.1) is 5.82 Å². The van der Waals surface area contributed by atoms with Crippen LogP contribution in [0.25, 0.3) is 0 Å². The van der Waals surface area contributed by atoms with E-state index >= 15 is 0 Å². The zero-order valence-corrected chi connectivity index (χ0v) is 16.7. The lowest BCUT2D eigenvalue weighted by atomic mass is 10.3. The fraction of sp³-hybridized carbons (Fsp3) is 0.250. The van der Waals surface area contributed by atoms with Gasteiger partial charge in [0.25, 0.3) is 0 Å². The van der Waals surface area contributed by atoms with Crippen molar-refractivity contribution in [3.05, 3.63) is 54.3 Å². The number of nitrogens with one attached hydrogen (secondary N) is 1. The molecule has 0 atom stereocenters. The largest absolute Gasteiger partial charge is 0.494 e. The van der Waals surface area contributed by atoms with Crippen molar-refractivity contribution < 1.29 is 13.9 Å². The summed E-state index contributed by atoms with van der Waals surface area (Å²) in [4.78, 5) is 14.2. The Morgan fingerprint density at radius 3 is 2.79 bits per heavy atom. The van der Waals surface area contributed by atoms with Crippen LogP contribution in [0.15, 0.2) is 53.7 Å². The third-order valence-electron chi connectivity index (χ3n) is 4.39. The molecule has 1 amide bonds. The van der Waals surface area contributed by atoms with E-state index in [1.54, 1.807) is 12.1 Å². The predicted octanol–water partition coefficient (Wildman–Crippen LogP) is 3.70. The molecule has 1 N–H and O–H groups in total. The first-order valence-electron chi connectivity index (χ1n) is 9.26. The van der Waals surface area contributed by atoms with Crippen molar-refractivity contribution in [2.24, 2.45) is 0 Å². The Morgan fingerprint density at radius 2 is 2.03 bits per heavy atom. The van der Waals surface area contributed by atoms with Gasteiger partial charge in [-0.15, -0.1) is 10.2 Å². The van der Waals surface area contributed by atoms with E-state index < -0.39 is 0 Å². The third-order valence-corrected chi connectivity index (χ3v) is 5.35. The molecule has 0 radical (unpaired) electrons. The maximum Gasteiger partial charge on any atom is 0.234 e. The van der Waals surface area contributed by atoms with Crippen LogP contribution in [-0.4, -0.2) is 39.6 Å². The lowest BCUT2D eigenvalue weighted by Crippen LogP contribution is -2.15. The summed E-state index contributed by atoms with van der Waals surface area (Å²) in [6.45, 7) is 4.10. The molecule has 0 saturated carbocycles. The molecule has 0 bridgehead atoms. The summed E-state index contributed by atoms with van der Waals surface area (Å²) in [5.41, 5.74) is 1.45. The van der Waals surface area contributed by atoms with Crippen LogP contribution in [0.2, 0.25) is 0 Å². The second-order valence-electron chi connectivity index (χ2n) is 6.36. The molecule has 0 saturated heterocycles. The fourth-order valence-electron chi connectivity index (χ4n) is 3.11. The number of carbonyl (C=O) groups is 1. The number of fused-ring (bicyclic) bond motifs is 1. The van der Waals surface area contributed by atoms with E-state index in [-0.39, 0.29) is 17.5 Å². The molecule has 3 aromatic rings. The standard InChI is InChI=1S/C20H20FN5O2S/c1-2-28-17-8-6-16(7-9-17)25-10-11-26-19(25)23-24-20(26)29-13-18(27)22-15-5-3-4-14(21)12-15/h3-9,12H,2,10-11,13H2,1H3,(H,22,27). The highest BCUT2D eigenvalue weighted by Crippen LogP contribution is 2.32. The fourth-order valence-corrected chi connectivity index (χ4v) is 3.87. The van der Waals surface area contributed by atoms with Crippen molar-refractivity contribution in [2.75, 3.05) is 29.1 Å². The summed E-state index contributed by atoms with van der Waals surface area (Å²) in [5, 5.41) is 11.9. The van der Waals surface area contributed by atoms with Gasteiger partial charge in [-0.05, 0) is 49.4 Å². The van der Waals surface area contributed by atoms with Gasteiger partial charge in [0.15, 0.2) is 5.16 Å². The highest BCUT2D eigenvalue weighted by atomic mass is 32.2. The number of halogens is 1. The van der Waals surface area contributed by atoms with Gasteiger partial charge in [0.1, 0.15) is 11.6 Å². The molecule has 2 heterocycles. The molecule has 0 spiro atoms. The number of benzene rings is 2. The van der Waals surface area contributed by atoms with Crippen molar-refractivity contribution in [1.82, 2.24) is 14.8 Å². The summed E-state index contributed by atoms with van der Waals surface area (Å²) >= 11 is 1.31. The average Bonchev–Trinajstić information content (AvgIpc) is 3.30. The van der Waals surface area contributed by atoms with Gasteiger partial charge in [-0.1, -0.05) is 17.8 Å². The first-order valence-corrected chi connectivity index (χ1v) is 10.2. The van der Waals surface area contributed by atoms with Crippen LogP contribution in [-0.2, 0) is 11.3 Å². The maximum absolute atomic E-state index is 13.2. The van der Waals surface area contributed by atoms with Crippen LogP contribution >= 0.6 is 11.8 Å². The molecule has 9 heteroatoms. The second kappa shape index (κ2) is 8.52. The monoisotopic (exact) mass is 413 g/mol. The van der Waals surface area contributed by atoms with Gasteiger partial charge >= 0.3 is 0 Å². The number of carbonyl (C=O) groups excluding carboxylic acids is 1.